The molecule has 2 rings (SSSR count). The van der Waals surface area contributed by atoms with Crippen LogP contribution in [0.3, 0.4) is 0 Å². The van der Waals surface area contributed by atoms with E-state index in [1.54, 1.807) is 19.1 Å². The molecule has 1 aromatic heterocycles. The van der Waals surface area contributed by atoms with Crippen molar-refractivity contribution in [3.05, 3.63) is 35.9 Å². The van der Waals surface area contributed by atoms with Gasteiger partial charge in [-0.15, -0.1) is 0 Å². The Kier molecular flexibility index (Phi) is 3.54. The van der Waals surface area contributed by atoms with Gasteiger partial charge in [-0.2, -0.15) is 9.40 Å². The summed E-state index contributed by atoms with van der Waals surface area (Å²) >= 11 is 0. The van der Waals surface area contributed by atoms with Crippen LogP contribution in [0.4, 0.5) is 5.69 Å². The second-order valence-corrected chi connectivity index (χ2v) is 6.23. The van der Waals surface area contributed by atoms with Gasteiger partial charge < -0.3 is 5.73 Å². The molecule has 0 amide bonds. The van der Waals surface area contributed by atoms with E-state index in [-0.39, 0.29) is 11.4 Å². The van der Waals surface area contributed by atoms with Crippen LogP contribution < -0.4 is 5.73 Å². The van der Waals surface area contributed by atoms with E-state index in [0.29, 0.717) is 17.1 Å². The molecule has 0 atom stereocenters. The maximum Gasteiger partial charge on any atom is 0.243 e. The number of sulfonamides is 1. The molecule has 1 aromatic carbocycles. The number of H-pyrrole nitrogens is 1. The molecule has 1 heterocycles. The summed E-state index contributed by atoms with van der Waals surface area (Å²) in [5.74, 6) is 0.479. The van der Waals surface area contributed by atoms with Crippen molar-refractivity contribution in [1.82, 2.24) is 19.5 Å². The third-order valence-electron chi connectivity index (χ3n) is 2.74. The molecule has 0 saturated carbocycles. The zero-order chi connectivity index (χ0) is 14.0. The predicted molar refractivity (Wildman–Crippen MR) is 70.6 cm³/mol. The lowest BCUT2D eigenvalue weighted by molar-refractivity contribution is 0.457. The monoisotopic (exact) mass is 281 g/mol. The van der Waals surface area contributed by atoms with E-state index in [1.165, 1.54) is 23.7 Å². The molecular weight excluding hydrogens is 266 g/mol. The van der Waals surface area contributed by atoms with E-state index in [1.807, 2.05) is 0 Å². The summed E-state index contributed by atoms with van der Waals surface area (Å²) in [5.41, 5.74) is 6.71. The lowest BCUT2D eigenvalue weighted by Gasteiger charge is -2.17. The number of nitrogens with one attached hydrogen (secondary N) is 1. The van der Waals surface area contributed by atoms with Gasteiger partial charge >= 0.3 is 0 Å². The Hall–Kier alpha value is -1.93. The second-order valence-electron chi connectivity index (χ2n) is 4.22. The molecule has 0 saturated heterocycles. The van der Waals surface area contributed by atoms with Gasteiger partial charge in [0.1, 0.15) is 12.2 Å². The summed E-state index contributed by atoms with van der Waals surface area (Å²) in [4.78, 5) is 4.11. The molecule has 0 aliphatic heterocycles. The van der Waals surface area contributed by atoms with Crippen molar-refractivity contribution >= 4 is 15.7 Å². The van der Waals surface area contributed by atoms with Crippen LogP contribution in [-0.2, 0) is 16.6 Å². The van der Waals surface area contributed by atoms with E-state index in [9.17, 15) is 8.42 Å². The minimum Gasteiger partial charge on any atom is -0.399 e. The molecule has 0 aliphatic rings. The maximum absolute atomic E-state index is 12.4. The molecule has 19 heavy (non-hydrogen) atoms. The number of rotatable bonds is 4. The van der Waals surface area contributed by atoms with Crippen molar-refractivity contribution in [3.63, 3.8) is 0 Å². The molecule has 0 fully saturated rings. The highest BCUT2D eigenvalue weighted by Gasteiger charge is 2.23. The summed E-state index contributed by atoms with van der Waals surface area (Å²) in [5, 5.41) is 6.31. The van der Waals surface area contributed by atoms with Gasteiger partial charge in [-0.3, -0.25) is 5.10 Å². The first-order chi connectivity index (χ1) is 8.91. The largest absolute Gasteiger partial charge is 0.399 e. The summed E-state index contributed by atoms with van der Waals surface area (Å²) in [6.45, 7) is 1.85. The van der Waals surface area contributed by atoms with Crippen molar-refractivity contribution in [3.8, 4) is 0 Å². The van der Waals surface area contributed by atoms with Crippen molar-refractivity contribution < 1.29 is 8.42 Å². The first-order valence-corrected chi connectivity index (χ1v) is 7.02. The van der Waals surface area contributed by atoms with E-state index >= 15 is 0 Å². The fourth-order valence-corrected chi connectivity index (χ4v) is 3.05. The van der Waals surface area contributed by atoms with Gasteiger partial charge in [-0.1, -0.05) is 6.07 Å². The Labute approximate surface area is 111 Å². The van der Waals surface area contributed by atoms with E-state index in [2.05, 4.69) is 15.2 Å². The van der Waals surface area contributed by atoms with Gasteiger partial charge in [0.25, 0.3) is 0 Å². The van der Waals surface area contributed by atoms with Crippen LogP contribution in [0.2, 0.25) is 0 Å². The zero-order valence-corrected chi connectivity index (χ0v) is 11.5. The number of aryl methyl sites for hydroxylation is 1. The van der Waals surface area contributed by atoms with Crippen LogP contribution in [0.1, 0.15) is 11.4 Å². The van der Waals surface area contributed by atoms with Crippen LogP contribution in [-0.4, -0.2) is 35.0 Å². The number of hydrogen-bond acceptors (Lipinski definition) is 5. The first-order valence-electron chi connectivity index (χ1n) is 5.58. The van der Waals surface area contributed by atoms with Crippen LogP contribution in [0, 0.1) is 6.92 Å². The van der Waals surface area contributed by atoms with Crippen LogP contribution in [0.25, 0.3) is 0 Å². The van der Waals surface area contributed by atoms with Crippen LogP contribution in [0.5, 0.6) is 0 Å². The number of anilines is 1. The molecule has 0 spiro atoms. The van der Waals surface area contributed by atoms with Crippen molar-refractivity contribution in [2.45, 2.75) is 18.4 Å². The quantitative estimate of drug-likeness (QED) is 0.795. The Morgan fingerprint density at radius 1 is 1.42 bits per heavy atom. The highest BCUT2D eigenvalue weighted by Crippen LogP contribution is 2.22. The highest BCUT2D eigenvalue weighted by molar-refractivity contribution is 7.89. The summed E-state index contributed by atoms with van der Waals surface area (Å²) in [6, 6.07) is 4.82. The third-order valence-corrected chi connectivity index (χ3v) is 4.68. The zero-order valence-electron chi connectivity index (χ0n) is 10.7. The SMILES string of the molecule is Cc1ccc(N)cc1S(=O)(=O)N(C)Cc1ncn[nH]1. The molecule has 0 aliphatic carbocycles. The standard InChI is InChI=1S/C11H15N5O2S/c1-8-3-4-9(12)5-10(8)19(17,18)16(2)6-11-13-7-14-15-11/h3-5,7H,6,12H2,1-2H3,(H,13,14,15). The topological polar surface area (TPSA) is 105 Å². The third kappa shape index (κ3) is 2.74. The summed E-state index contributed by atoms with van der Waals surface area (Å²) in [7, 11) is -2.12. The molecule has 2 aromatic rings. The number of nitrogens with zero attached hydrogens (tertiary/aromatic N) is 3. The van der Waals surface area contributed by atoms with Gasteiger partial charge in [-0.05, 0) is 24.6 Å². The van der Waals surface area contributed by atoms with Crippen molar-refractivity contribution in [1.29, 1.82) is 0 Å². The minimum atomic E-state index is -3.60. The number of nitrogens with two attached hydrogens (primary N) is 1. The number of nitrogen functional groups attached to an aromatic ring is 1. The lowest BCUT2D eigenvalue weighted by atomic mass is 10.2. The van der Waals surface area contributed by atoms with E-state index < -0.39 is 10.0 Å². The minimum absolute atomic E-state index is 0.122. The van der Waals surface area contributed by atoms with Gasteiger partial charge in [0.05, 0.1) is 11.4 Å². The van der Waals surface area contributed by atoms with Crippen LogP contribution in [0.15, 0.2) is 29.4 Å². The smallest absolute Gasteiger partial charge is 0.243 e. The number of aromatic nitrogens is 3. The predicted octanol–water partition coefficient (Wildman–Crippen LogP) is 0.516. The molecule has 0 bridgehead atoms. The molecule has 102 valence electrons. The number of aromatic amines is 1. The average Bonchev–Trinajstić information content (AvgIpc) is 2.85. The van der Waals surface area contributed by atoms with Crippen molar-refractivity contribution in [2.75, 3.05) is 12.8 Å². The normalized spacial score (nSPS) is 11.9. The Bertz CT molecular complexity index is 666. The highest BCUT2D eigenvalue weighted by atomic mass is 32.2. The fraction of sp³-hybridized carbons (Fsp3) is 0.273. The Morgan fingerprint density at radius 2 is 2.16 bits per heavy atom. The molecule has 0 radical (unpaired) electrons. The van der Waals surface area contributed by atoms with Gasteiger partial charge in [-0.25, -0.2) is 13.4 Å². The van der Waals surface area contributed by atoms with E-state index in [4.69, 9.17) is 5.73 Å². The van der Waals surface area contributed by atoms with Crippen LogP contribution >= 0.6 is 0 Å². The number of hydrogen-bond donors (Lipinski definition) is 2. The molecular formula is C11H15N5O2S. The van der Waals surface area contributed by atoms with Gasteiger partial charge in [0.15, 0.2) is 0 Å². The maximum atomic E-state index is 12.4. The summed E-state index contributed by atoms with van der Waals surface area (Å²) in [6.07, 6.45) is 1.33. The second kappa shape index (κ2) is 4.98. The van der Waals surface area contributed by atoms with Gasteiger partial charge in [0.2, 0.25) is 10.0 Å². The average molecular weight is 281 g/mol. The Morgan fingerprint density at radius 3 is 2.79 bits per heavy atom. The molecule has 8 heteroatoms. The Balaban J connectivity index is 2.33. The van der Waals surface area contributed by atoms with Gasteiger partial charge in [0, 0.05) is 12.7 Å². The lowest BCUT2D eigenvalue weighted by Crippen LogP contribution is -2.27. The molecule has 7 nitrogen and oxygen atoms in total. The first kappa shape index (κ1) is 13.5. The molecule has 0 unspecified atom stereocenters. The van der Waals surface area contributed by atoms with Crippen molar-refractivity contribution in [2.24, 2.45) is 0 Å². The number of benzene rings is 1. The fourth-order valence-electron chi connectivity index (χ4n) is 1.67. The molecule has 3 N–H and O–H groups in total. The van der Waals surface area contributed by atoms with E-state index in [0.717, 1.165) is 0 Å². The summed E-state index contributed by atoms with van der Waals surface area (Å²) < 4.78 is 26.1.